The van der Waals surface area contributed by atoms with Gasteiger partial charge in [-0.05, 0) is 68.5 Å². The molecule has 0 aromatic heterocycles. The maximum absolute atomic E-state index is 14.1. The third-order valence-corrected chi connectivity index (χ3v) is 16.5. The van der Waals surface area contributed by atoms with E-state index in [1.165, 1.54) is 59.1 Å². The molecule has 9 amide bonds. The number of fused-ring (bicyclic) bond motifs is 3. The largest absolute Gasteiger partial charge is 0.507 e. The number of hydrogen-bond acceptors (Lipinski definition) is 20. The van der Waals surface area contributed by atoms with E-state index in [0.717, 1.165) is 30.8 Å². The summed E-state index contributed by atoms with van der Waals surface area (Å²) >= 11 is 1.12. The number of nitrogens with one attached hydrogen (secondary N) is 5. The maximum atomic E-state index is 14.1. The SMILES string of the molecule is C=CC(=O)N1CN(C(=O)C=C)CN(C(=O)CCSCC(=O)N[C@H](C(=O)N[C@@H](CCCNC(N)=O)C(=O)Nc2ccc(COC(=O)N[C@H]3C[C@H](O[C@H]4C[C@](O)(C(C)=O)Cc5c(O)c6c(c(O)c54)C(=O)c4c(OC)cccc4C6=O)O[C@@H](C)[C@H]3O)cc2)C(C)C)C1. The highest BCUT2D eigenvalue weighted by atomic mass is 32.2. The van der Waals surface area contributed by atoms with Crippen molar-refractivity contribution in [3.63, 3.8) is 0 Å². The van der Waals surface area contributed by atoms with Gasteiger partial charge in [0.2, 0.25) is 41.2 Å². The average Bonchev–Trinajstić information content (AvgIpc) is 0.718. The van der Waals surface area contributed by atoms with Crippen LogP contribution in [0.25, 0.3) is 0 Å². The van der Waals surface area contributed by atoms with Crippen molar-refractivity contribution < 1.29 is 92.1 Å². The van der Waals surface area contributed by atoms with Crippen LogP contribution in [0.5, 0.6) is 17.2 Å². The third kappa shape index (κ3) is 15.9. The number of benzene rings is 3. The molecule has 11 N–H and O–H groups in total. The highest BCUT2D eigenvalue weighted by Crippen LogP contribution is 2.52. The van der Waals surface area contributed by atoms with E-state index >= 15 is 0 Å². The van der Waals surface area contributed by atoms with Gasteiger partial charge in [-0.15, -0.1) is 0 Å². The topological polar surface area (TPSA) is 402 Å². The summed E-state index contributed by atoms with van der Waals surface area (Å²) in [5, 5.41) is 59.6. The quantitative estimate of drug-likeness (QED) is 0.0272. The number of alkyl carbamates (subject to hydrolysis) is 1. The van der Waals surface area contributed by atoms with Crippen molar-refractivity contribution in [1.82, 2.24) is 36.0 Å². The molecule has 0 saturated carbocycles. The predicted octanol–water partition coefficient (Wildman–Crippen LogP) is 1.88. The Kier molecular flexibility index (Phi) is 22.3. The number of nitrogens with two attached hydrogens (primary N) is 1. The molecule has 4 aliphatic rings. The van der Waals surface area contributed by atoms with Gasteiger partial charge in [0.05, 0.1) is 67.8 Å². The number of aromatic hydroxyl groups is 2. The highest BCUT2D eigenvalue weighted by molar-refractivity contribution is 7.99. The number of aliphatic hydroxyl groups is 2. The van der Waals surface area contributed by atoms with Crippen molar-refractivity contribution in [3.05, 3.63) is 107 Å². The molecule has 478 valence electrons. The standard InChI is InChI=1S/C60H73N9O19S/c1-8-42(72)67-27-68(43(73)9-2)29-69(28-67)44(74)19-21-89-26-41(71)66-50(30(3)4)57(81)64-37(13-11-20-62-58(61)82)56(80)63-34-17-15-33(16-18-34)25-86-59(83)65-38-22-45(87-31(5)51(38)75)88-40-24-60(84,32(6)70)23-36-47(40)55(79)49-48(53(36)77)52(76)35-12-10-14-39(85-7)46(35)54(49)78/h8-10,12,14-18,30-31,37-38,40,45,50-51,75,77,79,84H,1-2,11,13,19-29H2,3-7H3,(H,63,80)(H,64,81)(H,65,83)(H,66,71)(H3,61,62,82)/t31-,37-,38-,40-,45-,50-,51+,60-/m0/s1. The Morgan fingerprint density at radius 1 is 0.888 bits per heavy atom. The molecule has 7 rings (SSSR count). The van der Waals surface area contributed by atoms with Crippen LogP contribution in [-0.2, 0) is 60.8 Å². The van der Waals surface area contributed by atoms with Gasteiger partial charge in [0.1, 0.15) is 47.6 Å². The molecule has 0 unspecified atom stereocenters. The number of hydrogen-bond donors (Lipinski definition) is 10. The number of phenols is 2. The lowest BCUT2D eigenvalue weighted by Crippen LogP contribution is -2.59. The van der Waals surface area contributed by atoms with Crippen LogP contribution in [-0.4, -0.2) is 187 Å². The van der Waals surface area contributed by atoms with Gasteiger partial charge < -0.3 is 86.4 Å². The molecule has 3 aromatic carbocycles. The number of anilines is 1. The molecular weight excluding hydrogens is 1180 g/mol. The average molecular weight is 1260 g/mol. The Hall–Kier alpha value is -8.90. The number of methoxy groups -OCH3 is 1. The number of carbonyl (C=O) groups excluding carboxylic acids is 11. The second kappa shape index (κ2) is 29.4. The van der Waals surface area contributed by atoms with Crippen molar-refractivity contribution in [3.8, 4) is 17.2 Å². The molecule has 2 saturated heterocycles. The Morgan fingerprint density at radius 3 is 2.16 bits per heavy atom. The molecule has 28 nitrogen and oxygen atoms in total. The zero-order valence-electron chi connectivity index (χ0n) is 49.7. The number of ether oxygens (including phenoxy) is 4. The molecule has 0 bridgehead atoms. The van der Waals surface area contributed by atoms with Gasteiger partial charge in [-0.25, -0.2) is 9.59 Å². The van der Waals surface area contributed by atoms with E-state index in [1.807, 2.05) is 0 Å². The number of urea groups is 1. The molecule has 2 heterocycles. The van der Waals surface area contributed by atoms with E-state index in [1.54, 1.807) is 26.0 Å². The van der Waals surface area contributed by atoms with E-state index in [0.29, 0.717) is 5.56 Å². The number of phenolic OH excluding ortho intramolecular Hbond substituents is 2. The minimum Gasteiger partial charge on any atom is -0.507 e. The van der Waals surface area contributed by atoms with Crippen molar-refractivity contribution in [1.29, 1.82) is 0 Å². The first-order valence-corrected chi connectivity index (χ1v) is 29.6. The number of primary amides is 1. The maximum Gasteiger partial charge on any atom is 0.407 e. The lowest BCUT2D eigenvalue weighted by atomic mass is 9.72. The summed E-state index contributed by atoms with van der Waals surface area (Å²) in [5.74, 6) is -7.43. The van der Waals surface area contributed by atoms with E-state index < -0.39 is 149 Å². The molecule has 2 fully saturated rings. The molecule has 0 spiro atoms. The molecule has 0 radical (unpaired) electrons. The normalized spacial score (nSPS) is 20.9. The lowest BCUT2D eigenvalue weighted by Gasteiger charge is -2.42. The van der Waals surface area contributed by atoms with Crippen LogP contribution in [0.15, 0.2) is 67.8 Å². The van der Waals surface area contributed by atoms with E-state index in [9.17, 15) is 73.2 Å². The van der Waals surface area contributed by atoms with Crippen LogP contribution < -0.4 is 37.1 Å². The minimum atomic E-state index is -2.19. The molecule has 2 aliphatic carbocycles. The van der Waals surface area contributed by atoms with Crippen LogP contribution in [0, 0.1) is 5.92 Å². The first-order valence-electron chi connectivity index (χ1n) is 28.4. The van der Waals surface area contributed by atoms with Crippen molar-refractivity contribution in [2.75, 3.05) is 50.5 Å². The molecule has 2 aliphatic heterocycles. The summed E-state index contributed by atoms with van der Waals surface area (Å²) in [5.41, 5.74) is 2.03. The fourth-order valence-electron chi connectivity index (χ4n) is 10.8. The summed E-state index contributed by atoms with van der Waals surface area (Å²) in [6.07, 6.45) is -5.09. The summed E-state index contributed by atoms with van der Waals surface area (Å²) in [7, 11) is 1.29. The molecule has 3 aromatic rings. The second-order valence-corrected chi connectivity index (χ2v) is 23.2. The number of thioether (sulfide) groups is 1. The minimum absolute atomic E-state index is 0.0238. The van der Waals surface area contributed by atoms with Crippen molar-refractivity contribution in [2.45, 2.75) is 121 Å². The number of amides is 9. The van der Waals surface area contributed by atoms with Gasteiger partial charge in [0.15, 0.2) is 17.9 Å². The molecule has 89 heavy (non-hydrogen) atoms. The van der Waals surface area contributed by atoms with Crippen molar-refractivity contribution >= 4 is 82.4 Å². The summed E-state index contributed by atoms with van der Waals surface area (Å²) in [6.45, 7) is 12.5. The van der Waals surface area contributed by atoms with E-state index in [2.05, 4.69) is 39.7 Å². The van der Waals surface area contributed by atoms with Gasteiger partial charge in [-0.2, -0.15) is 11.8 Å². The smallest absolute Gasteiger partial charge is 0.407 e. The van der Waals surface area contributed by atoms with Gasteiger partial charge in [0, 0.05) is 60.4 Å². The Balaban J connectivity index is 0.934. The number of carbonyl (C=O) groups is 11. The van der Waals surface area contributed by atoms with Gasteiger partial charge in [-0.1, -0.05) is 51.3 Å². The first kappa shape index (κ1) is 67.6. The highest BCUT2D eigenvalue weighted by Gasteiger charge is 2.50. The fraction of sp³-hybridized carbons (Fsp3) is 0.450. The monoisotopic (exact) mass is 1260 g/mol. The lowest BCUT2D eigenvalue weighted by molar-refractivity contribution is -0.249. The van der Waals surface area contributed by atoms with Gasteiger partial charge in [-0.3, -0.25) is 43.2 Å². The molecule has 29 heteroatoms. The summed E-state index contributed by atoms with van der Waals surface area (Å²) in [4.78, 5) is 148. The second-order valence-electron chi connectivity index (χ2n) is 22.1. The number of rotatable bonds is 24. The summed E-state index contributed by atoms with van der Waals surface area (Å²) in [6, 6.07) is 6.21. The number of nitrogens with zero attached hydrogens (tertiary/aromatic N) is 3. The number of aliphatic hydroxyl groups excluding tert-OH is 1. The molecular formula is C60H73N9O19S. The van der Waals surface area contributed by atoms with E-state index in [-0.39, 0.29) is 110 Å². The summed E-state index contributed by atoms with van der Waals surface area (Å²) < 4.78 is 23.1. The van der Waals surface area contributed by atoms with Gasteiger partial charge >= 0.3 is 12.1 Å². The Morgan fingerprint density at radius 2 is 1.54 bits per heavy atom. The van der Waals surface area contributed by atoms with Crippen LogP contribution in [0.3, 0.4) is 0 Å². The van der Waals surface area contributed by atoms with Crippen LogP contribution in [0.2, 0.25) is 0 Å². The predicted molar refractivity (Wildman–Crippen MR) is 318 cm³/mol. The van der Waals surface area contributed by atoms with Crippen LogP contribution >= 0.6 is 11.8 Å². The van der Waals surface area contributed by atoms with Crippen LogP contribution in [0.1, 0.15) is 114 Å². The van der Waals surface area contributed by atoms with Crippen LogP contribution in [0.4, 0.5) is 15.3 Å². The zero-order valence-corrected chi connectivity index (χ0v) is 50.5. The fourth-order valence-corrected chi connectivity index (χ4v) is 11.5. The number of Topliss-reactive ketones (excluding diaryl/α,β-unsaturated/α-hetero) is 1. The van der Waals surface area contributed by atoms with Crippen molar-refractivity contribution in [2.24, 2.45) is 11.7 Å². The Bertz CT molecular complexity index is 3280. The third-order valence-electron chi connectivity index (χ3n) is 15.6. The van der Waals surface area contributed by atoms with E-state index in [4.69, 9.17) is 24.7 Å². The molecule has 8 atom stereocenters. The Labute approximate surface area is 515 Å². The van der Waals surface area contributed by atoms with Gasteiger partial charge in [0.25, 0.3) is 0 Å². The first-order chi connectivity index (χ1) is 42.2. The number of ketones is 3. The zero-order chi connectivity index (χ0) is 65.2.